The molecule has 1 aromatic heterocycles. The first-order valence-corrected chi connectivity index (χ1v) is 8.87. The van der Waals surface area contributed by atoms with Crippen LogP contribution >= 0.6 is 0 Å². The third-order valence-electron chi connectivity index (χ3n) is 4.74. The van der Waals surface area contributed by atoms with E-state index in [1.54, 1.807) is 13.3 Å². The third kappa shape index (κ3) is 4.94. The maximum absolute atomic E-state index is 6.00. The van der Waals surface area contributed by atoms with Gasteiger partial charge in [-0.05, 0) is 56.8 Å². The molecule has 0 aliphatic carbocycles. The molecule has 0 amide bonds. The fraction of sp³-hybridized carbons (Fsp3) is 0.450. The lowest BCUT2D eigenvalue weighted by Crippen LogP contribution is -2.35. The van der Waals surface area contributed by atoms with Gasteiger partial charge in [-0.1, -0.05) is 6.07 Å². The van der Waals surface area contributed by atoms with Gasteiger partial charge in [0.25, 0.3) is 0 Å². The van der Waals surface area contributed by atoms with Gasteiger partial charge in [-0.15, -0.1) is 0 Å². The largest absolute Gasteiger partial charge is 0.497 e. The average Bonchev–Trinajstić information content (AvgIpc) is 3.06. The predicted molar refractivity (Wildman–Crippen MR) is 98.9 cm³/mol. The Kier molecular flexibility index (Phi) is 6.25. The molecule has 1 atom stereocenters. The van der Waals surface area contributed by atoms with Crippen molar-refractivity contribution < 1.29 is 9.47 Å². The smallest absolute Gasteiger partial charge is 0.130 e. The summed E-state index contributed by atoms with van der Waals surface area (Å²) in [5.74, 6) is 1.72. The van der Waals surface area contributed by atoms with Gasteiger partial charge in [0.15, 0.2) is 0 Å². The Bertz CT molecular complexity index is 663. The number of likely N-dealkylation sites (N-methyl/N-ethyl adjacent to an activating group) is 1. The van der Waals surface area contributed by atoms with E-state index in [0.29, 0.717) is 12.6 Å². The van der Waals surface area contributed by atoms with E-state index in [-0.39, 0.29) is 0 Å². The summed E-state index contributed by atoms with van der Waals surface area (Å²) in [4.78, 5) is 6.74. The van der Waals surface area contributed by atoms with E-state index in [1.807, 2.05) is 36.4 Å². The minimum atomic E-state index is 0.464. The SMILES string of the molecule is COc1ccc(OCc2ccccn2)c(CNCC2CCCN2C)c1. The lowest BCUT2D eigenvalue weighted by atomic mass is 10.1. The third-order valence-corrected chi connectivity index (χ3v) is 4.74. The van der Waals surface area contributed by atoms with Gasteiger partial charge < -0.3 is 19.7 Å². The van der Waals surface area contributed by atoms with Crippen molar-refractivity contribution in [3.8, 4) is 11.5 Å². The molecule has 0 bridgehead atoms. The Morgan fingerprint density at radius 3 is 2.92 bits per heavy atom. The maximum atomic E-state index is 6.00. The van der Waals surface area contributed by atoms with E-state index in [9.17, 15) is 0 Å². The molecule has 25 heavy (non-hydrogen) atoms. The van der Waals surface area contributed by atoms with Crippen LogP contribution in [0.3, 0.4) is 0 Å². The maximum Gasteiger partial charge on any atom is 0.130 e. The number of methoxy groups -OCH3 is 1. The second kappa shape index (κ2) is 8.83. The summed E-state index contributed by atoms with van der Waals surface area (Å²) in [6, 6.07) is 12.4. The van der Waals surface area contributed by atoms with Crippen molar-refractivity contribution in [2.75, 3.05) is 27.2 Å². The highest BCUT2D eigenvalue weighted by Crippen LogP contribution is 2.25. The number of nitrogens with zero attached hydrogens (tertiary/aromatic N) is 2. The zero-order valence-corrected chi connectivity index (χ0v) is 15.1. The number of likely N-dealkylation sites (tertiary alicyclic amines) is 1. The highest BCUT2D eigenvalue weighted by molar-refractivity contribution is 5.40. The number of aromatic nitrogens is 1. The molecule has 0 saturated carbocycles. The first kappa shape index (κ1) is 17.7. The summed E-state index contributed by atoms with van der Waals surface area (Å²) >= 11 is 0. The van der Waals surface area contributed by atoms with Crippen LogP contribution in [0.15, 0.2) is 42.6 Å². The number of benzene rings is 1. The number of hydrogen-bond donors (Lipinski definition) is 1. The quantitative estimate of drug-likeness (QED) is 0.800. The number of nitrogens with one attached hydrogen (secondary N) is 1. The number of pyridine rings is 1. The van der Waals surface area contributed by atoms with Gasteiger partial charge in [0.2, 0.25) is 0 Å². The van der Waals surface area contributed by atoms with Gasteiger partial charge in [0.05, 0.1) is 12.8 Å². The zero-order chi connectivity index (χ0) is 17.5. The Labute approximate surface area is 150 Å². The normalized spacial score (nSPS) is 17.6. The fourth-order valence-electron chi connectivity index (χ4n) is 3.21. The lowest BCUT2D eigenvalue weighted by Gasteiger charge is -2.20. The van der Waals surface area contributed by atoms with Crippen LogP contribution in [0.4, 0.5) is 0 Å². The van der Waals surface area contributed by atoms with Crippen molar-refractivity contribution in [2.45, 2.75) is 32.0 Å². The van der Waals surface area contributed by atoms with Gasteiger partial charge in [-0.25, -0.2) is 0 Å². The van der Waals surface area contributed by atoms with Crippen molar-refractivity contribution in [1.82, 2.24) is 15.2 Å². The topological polar surface area (TPSA) is 46.6 Å². The molecule has 134 valence electrons. The molecule has 1 aliphatic rings. The number of rotatable bonds is 8. The van der Waals surface area contributed by atoms with E-state index in [4.69, 9.17) is 9.47 Å². The number of ether oxygens (including phenoxy) is 2. The van der Waals surface area contributed by atoms with Crippen molar-refractivity contribution in [3.05, 3.63) is 53.9 Å². The molecule has 1 fully saturated rings. The van der Waals surface area contributed by atoms with Gasteiger partial charge in [-0.3, -0.25) is 4.98 Å². The molecule has 0 radical (unpaired) electrons. The first-order chi connectivity index (χ1) is 12.3. The van der Waals surface area contributed by atoms with Crippen LogP contribution in [-0.2, 0) is 13.2 Å². The van der Waals surface area contributed by atoms with Crippen LogP contribution in [0.1, 0.15) is 24.1 Å². The zero-order valence-electron chi connectivity index (χ0n) is 15.1. The van der Waals surface area contributed by atoms with Crippen molar-refractivity contribution >= 4 is 0 Å². The minimum absolute atomic E-state index is 0.464. The van der Waals surface area contributed by atoms with Crippen molar-refractivity contribution in [3.63, 3.8) is 0 Å². The van der Waals surface area contributed by atoms with E-state index in [2.05, 4.69) is 22.2 Å². The Morgan fingerprint density at radius 2 is 2.20 bits per heavy atom. The summed E-state index contributed by atoms with van der Waals surface area (Å²) in [5.41, 5.74) is 2.03. The molecule has 1 aromatic carbocycles. The average molecular weight is 341 g/mol. The van der Waals surface area contributed by atoms with E-state index in [1.165, 1.54) is 19.4 Å². The highest BCUT2D eigenvalue weighted by Gasteiger charge is 2.20. The van der Waals surface area contributed by atoms with Gasteiger partial charge >= 0.3 is 0 Å². The van der Waals surface area contributed by atoms with Crippen LogP contribution in [-0.4, -0.2) is 43.2 Å². The molecule has 5 nitrogen and oxygen atoms in total. The Hall–Kier alpha value is -2.11. The van der Waals surface area contributed by atoms with Crippen LogP contribution in [0.25, 0.3) is 0 Å². The molecular weight excluding hydrogens is 314 g/mol. The molecule has 2 heterocycles. The van der Waals surface area contributed by atoms with E-state index < -0.39 is 0 Å². The van der Waals surface area contributed by atoms with Crippen molar-refractivity contribution in [2.24, 2.45) is 0 Å². The molecule has 2 aromatic rings. The van der Waals surface area contributed by atoms with Crippen LogP contribution < -0.4 is 14.8 Å². The molecule has 3 rings (SSSR count). The van der Waals surface area contributed by atoms with Crippen molar-refractivity contribution in [1.29, 1.82) is 0 Å². The van der Waals surface area contributed by atoms with Gasteiger partial charge in [0.1, 0.15) is 18.1 Å². The standard InChI is InChI=1S/C20H27N3O2/c1-23-11-5-7-18(23)14-21-13-16-12-19(24-2)8-9-20(16)25-15-17-6-3-4-10-22-17/h3-4,6,8-10,12,18,21H,5,7,11,13-15H2,1-2H3. The van der Waals surface area contributed by atoms with Gasteiger partial charge in [0, 0.05) is 30.9 Å². The summed E-state index contributed by atoms with van der Waals surface area (Å²) < 4.78 is 11.4. The van der Waals surface area contributed by atoms with Crippen LogP contribution in [0, 0.1) is 0 Å². The molecule has 0 spiro atoms. The highest BCUT2D eigenvalue weighted by atomic mass is 16.5. The van der Waals surface area contributed by atoms with E-state index >= 15 is 0 Å². The summed E-state index contributed by atoms with van der Waals surface area (Å²) in [6.45, 7) is 3.42. The molecule has 1 saturated heterocycles. The molecule has 1 N–H and O–H groups in total. The Morgan fingerprint density at radius 1 is 1.28 bits per heavy atom. The lowest BCUT2D eigenvalue weighted by molar-refractivity contribution is 0.290. The minimum Gasteiger partial charge on any atom is -0.497 e. The molecule has 1 unspecified atom stereocenters. The molecular formula is C20H27N3O2. The fourth-order valence-corrected chi connectivity index (χ4v) is 3.21. The van der Waals surface area contributed by atoms with Gasteiger partial charge in [-0.2, -0.15) is 0 Å². The summed E-state index contributed by atoms with van der Waals surface area (Å²) in [7, 11) is 3.89. The summed E-state index contributed by atoms with van der Waals surface area (Å²) in [6.07, 6.45) is 4.35. The second-order valence-electron chi connectivity index (χ2n) is 6.49. The predicted octanol–water partition coefficient (Wildman–Crippen LogP) is 2.85. The van der Waals surface area contributed by atoms with Crippen LogP contribution in [0.2, 0.25) is 0 Å². The Balaban J connectivity index is 1.61. The summed E-state index contributed by atoms with van der Waals surface area (Å²) in [5, 5.41) is 3.57. The van der Waals surface area contributed by atoms with E-state index in [0.717, 1.165) is 35.8 Å². The molecule has 1 aliphatic heterocycles. The second-order valence-corrected chi connectivity index (χ2v) is 6.49. The monoisotopic (exact) mass is 341 g/mol. The van der Waals surface area contributed by atoms with Crippen LogP contribution in [0.5, 0.6) is 11.5 Å². The first-order valence-electron chi connectivity index (χ1n) is 8.87. The number of hydrogen-bond acceptors (Lipinski definition) is 5. The molecule has 5 heteroatoms.